The third kappa shape index (κ3) is 3.60. The van der Waals surface area contributed by atoms with Crippen molar-refractivity contribution in [3.05, 3.63) is 59.4 Å². The number of carbonyl (C=O) groups is 1. The summed E-state index contributed by atoms with van der Waals surface area (Å²) in [6, 6.07) is 9.94. The van der Waals surface area contributed by atoms with E-state index >= 15 is 0 Å². The average molecular weight is 281 g/mol. The zero-order chi connectivity index (χ0) is 14.5. The lowest BCUT2D eigenvalue weighted by atomic mass is 10.1. The van der Waals surface area contributed by atoms with Crippen LogP contribution in [0, 0.1) is 0 Å². The van der Waals surface area contributed by atoms with Gasteiger partial charge in [-0.05, 0) is 60.6 Å². The molecule has 1 aliphatic rings. The summed E-state index contributed by atoms with van der Waals surface area (Å²) in [4.78, 5) is 15.9. The molecule has 0 saturated carbocycles. The number of rotatable bonds is 4. The Labute approximate surface area is 124 Å². The standard InChI is InChI=1S/C17H19N3O/c21-17(19-10-8-13-3-2-9-18-12-13)20-16-7-6-14-4-1-5-15(14)11-16/h2-3,6-7,9,11-12H,1,4-5,8,10H2,(H2,19,20,21). The Morgan fingerprint density at radius 2 is 2.10 bits per heavy atom. The van der Waals surface area contributed by atoms with E-state index in [0.29, 0.717) is 6.54 Å². The molecule has 2 amide bonds. The quantitative estimate of drug-likeness (QED) is 0.905. The van der Waals surface area contributed by atoms with Crippen LogP contribution in [-0.4, -0.2) is 17.6 Å². The number of hydrogen-bond acceptors (Lipinski definition) is 2. The number of hydrogen-bond donors (Lipinski definition) is 2. The van der Waals surface area contributed by atoms with Crippen molar-refractivity contribution in [3.8, 4) is 0 Å². The fourth-order valence-corrected chi connectivity index (χ4v) is 2.69. The molecule has 1 aromatic carbocycles. The molecule has 2 aromatic rings. The van der Waals surface area contributed by atoms with Gasteiger partial charge in [0.1, 0.15) is 0 Å². The van der Waals surface area contributed by atoms with Crippen LogP contribution in [0.5, 0.6) is 0 Å². The highest BCUT2D eigenvalue weighted by Crippen LogP contribution is 2.24. The molecule has 1 aromatic heterocycles. The second-order valence-corrected chi connectivity index (χ2v) is 5.33. The highest BCUT2D eigenvalue weighted by atomic mass is 16.2. The average Bonchev–Trinajstić information content (AvgIpc) is 2.96. The summed E-state index contributed by atoms with van der Waals surface area (Å²) in [5.41, 5.74) is 4.77. The molecule has 1 aliphatic carbocycles. The van der Waals surface area contributed by atoms with Crippen molar-refractivity contribution >= 4 is 11.7 Å². The van der Waals surface area contributed by atoms with Crippen molar-refractivity contribution in [2.24, 2.45) is 0 Å². The van der Waals surface area contributed by atoms with Gasteiger partial charge in [-0.3, -0.25) is 4.98 Å². The molecular weight excluding hydrogens is 262 g/mol. The molecule has 2 N–H and O–H groups in total. The van der Waals surface area contributed by atoms with Crippen molar-refractivity contribution in [2.45, 2.75) is 25.7 Å². The molecule has 108 valence electrons. The molecule has 4 heteroatoms. The molecule has 0 aliphatic heterocycles. The van der Waals surface area contributed by atoms with Crippen LogP contribution in [0.1, 0.15) is 23.1 Å². The van der Waals surface area contributed by atoms with E-state index in [1.165, 1.54) is 17.5 Å². The Morgan fingerprint density at radius 3 is 2.95 bits per heavy atom. The monoisotopic (exact) mass is 281 g/mol. The van der Waals surface area contributed by atoms with Gasteiger partial charge in [0.25, 0.3) is 0 Å². The lowest BCUT2D eigenvalue weighted by molar-refractivity contribution is 0.252. The summed E-state index contributed by atoms with van der Waals surface area (Å²) in [5.74, 6) is 0. The molecule has 0 fully saturated rings. The number of nitrogens with one attached hydrogen (secondary N) is 2. The zero-order valence-corrected chi connectivity index (χ0v) is 11.9. The fraction of sp³-hybridized carbons (Fsp3) is 0.294. The maximum Gasteiger partial charge on any atom is 0.319 e. The molecule has 3 rings (SSSR count). The van der Waals surface area contributed by atoms with Crippen molar-refractivity contribution < 1.29 is 4.79 Å². The first kappa shape index (κ1) is 13.6. The lowest BCUT2D eigenvalue weighted by Crippen LogP contribution is -2.30. The maximum absolute atomic E-state index is 11.9. The predicted octanol–water partition coefficient (Wildman–Crippen LogP) is 2.93. The molecule has 4 nitrogen and oxygen atoms in total. The first-order valence-corrected chi connectivity index (χ1v) is 7.37. The van der Waals surface area contributed by atoms with Gasteiger partial charge in [0, 0.05) is 24.6 Å². The summed E-state index contributed by atoms with van der Waals surface area (Å²) in [5, 5.41) is 5.76. The van der Waals surface area contributed by atoms with Crippen LogP contribution in [0.4, 0.5) is 10.5 Å². The summed E-state index contributed by atoms with van der Waals surface area (Å²) in [6.45, 7) is 0.600. The van der Waals surface area contributed by atoms with Crippen LogP contribution in [0.15, 0.2) is 42.7 Å². The van der Waals surface area contributed by atoms with E-state index in [1.807, 2.05) is 24.4 Å². The third-order valence-corrected chi connectivity index (χ3v) is 3.78. The van der Waals surface area contributed by atoms with E-state index in [-0.39, 0.29) is 6.03 Å². The Morgan fingerprint density at radius 1 is 1.19 bits per heavy atom. The fourth-order valence-electron chi connectivity index (χ4n) is 2.69. The largest absolute Gasteiger partial charge is 0.338 e. The molecule has 0 bridgehead atoms. The topological polar surface area (TPSA) is 54.0 Å². The number of urea groups is 1. The van der Waals surface area contributed by atoms with Gasteiger partial charge in [-0.1, -0.05) is 12.1 Å². The highest BCUT2D eigenvalue weighted by Gasteiger charge is 2.11. The maximum atomic E-state index is 11.9. The van der Waals surface area contributed by atoms with E-state index in [2.05, 4.69) is 27.8 Å². The number of pyridine rings is 1. The molecular formula is C17H19N3O. The van der Waals surface area contributed by atoms with Gasteiger partial charge < -0.3 is 10.6 Å². The molecule has 0 atom stereocenters. The van der Waals surface area contributed by atoms with Gasteiger partial charge >= 0.3 is 6.03 Å². The number of anilines is 1. The van der Waals surface area contributed by atoms with Crippen LogP contribution in [0.25, 0.3) is 0 Å². The Balaban J connectivity index is 1.48. The molecule has 0 spiro atoms. The Hall–Kier alpha value is -2.36. The Bertz CT molecular complexity index is 625. The minimum absolute atomic E-state index is 0.156. The number of fused-ring (bicyclic) bond motifs is 1. The normalized spacial score (nSPS) is 12.8. The van der Waals surface area contributed by atoms with E-state index in [1.54, 1.807) is 6.20 Å². The van der Waals surface area contributed by atoms with Crippen molar-refractivity contribution in [3.63, 3.8) is 0 Å². The van der Waals surface area contributed by atoms with Gasteiger partial charge in [0.2, 0.25) is 0 Å². The zero-order valence-electron chi connectivity index (χ0n) is 11.9. The highest BCUT2D eigenvalue weighted by molar-refractivity contribution is 5.89. The number of carbonyl (C=O) groups excluding carboxylic acids is 1. The molecule has 0 radical (unpaired) electrons. The first-order chi connectivity index (χ1) is 10.3. The van der Waals surface area contributed by atoms with E-state index in [0.717, 1.165) is 30.5 Å². The third-order valence-electron chi connectivity index (χ3n) is 3.78. The number of nitrogens with zero attached hydrogens (tertiary/aromatic N) is 1. The minimum Gasteiger partial charge on any atom is -0.338 e. The van der Waals surface area contributed by atoms with Crippen LogP contribution in [0.2, 0.25) is 0 Å². The van der Waals surface area contributed by atoms with Gasteiger partial charge in [-0.2, -0.15) is 0 Å². The van der Waals surface area contributed by atoms with E-state index < -0.39 is 0 Å². The van der Waals surface area contributed by atoms with Gasteiger partial charge in [0.15, 0.2) is 0 Å². The van der Waals surface area contributed by atoms with Crippen LogP contribution in [-0.2, 0) is 19.3 Å². The number of aryl methyl sites for hydroxylation is 2. The molecule has 1 heterocycles. The predicted molar refractivity (Wildman–Crippen MR) is 83.4 cm³/mol. The van der Waals surface area contributed by atoms with Crippen molar-refractivity contribution in [1.82, 2.24) is 10.3 Å². The molecule has 0 unspecified atom stereocenters. The van der Waals surface area contributed by atoms with Gasteiger partial charge in [-0.15, -0.1) is 0 Å². The first-order valence-electron chi connectivity index (χ1n) is 7.37. The number of amides is 2. The molecule has 21 heavy (non-hydrogen) atoms. The second-order valence-electron chi connectivity index (χ2n) is 5.33. The summed E-state index contributed by atoms with van der Waals surface area (Å²) >= 11 is 0. The van der Waals surface area contributed by atoms with Crippen molar-refractivity contribution in [1.29, 1.82) is 0 Å². The number of aromatic nitrogens is 1. The van der Waals surface area contributed by atoms with Gasteiger partial charge in [-0.25, -0.2) is 4.79 Å². The Kier molecular flexibility index (Phi) is 4.15. The summed E-state index contributed by atoms with van der Waals surface area (Å²) in [6.07, 6.45) is 7.85. The summed E-state index contributed by atoms with van der Waals surface area (Å²) < 4.78 is 0. The van der Waals surface area contributed by atoms with Crippen LogP contribution < -0.4 is 10.6 Å². The van der Waals surface area contributed by atoms with Gasteiger partial charge in [0.05, 0.1) is 0 Å². The van der Waals surface area contributed by atoms with E-state index in [9.17, 15) is 4.79 Å². The van der Waals surface area contributed by atoms with Crippen molar-refractivity contribution in [2.75, 3.05) is 11.9 Å². The second kappa shape index (κ2) is 6.39. The van der Waals surface area contributed by atoms with Crippen LogP contribution >= 0.6 is 0 Å². The number of benzene rings is 1. The lowest BCUT2D eigenvalue weighted by Gasteiger charge is -2.09. The molecule has 0 saturated heterocycles. The SMILES string of the molecule is O=C(NCCc1cccnc1)Nc1ccc2c(c1)CCC2. The minimum atomic E-state index is -0.156. The summed E-state index contributed by atoms with van der Waals surface area (Å²) in [7, 11) is 0. The van der Waals surface area contributed by atoms with E-state index in [4.69, 9.17) is 0 Å². The smallest absolute Gasteiger partial charge is 0.319 e. The van der Waals surface area contributed by atoms with Crippen LogP contribution in [0.3, 0.4) is 0 Å².